The molecule has 1 saturated heterocycles. The molecule has 164 valence electrons. The number of aliphatic hydroxyl groups is 2. The van der Waals surface area contributed by atoms with E-state index in [9.17, 15) is 29.0 Å². The zero-order valence-electron chi connectivity index (χ0n) is 16.4. The van der Waals surface area contributed by atoms with E-state index in [1.165, 1.54) is 13.2 Å². The van der Waals surface area contributed by atoms with Crippen molar-refractivity contribution >= 4 is 11.0 Å². The summed E-state index contributed by atoms with van der Waals surface area (Å²) in [6, 6.07) is 5.81. The molecule has 10 nitrogen and oxygen atoms in total. The minimum absolute atomic E-state index is 0.0690. The number of hydrogen-bond acceptors (Lipinski definition) is 8. The summed E-state index contributed by atoms with van der Waals surface area (Å²) >= 11 is 0. The molecule has 0 bridgehead atoms. The molecule has 4 rings (SSSR count). The van der Waals surface area contributed by atoms with Gasteiger partial charge in [0, 0.05) is 23.9 Å². The summed E-state index contributed by atoms with van der Waals surface area (Å²) in [7, 11) is 1.45. The Labute approximate surface area is 173 Å². The molecule has 11 heteroatoms. The number of fused-ring (bicyclic) bond motifs is 1. The van der Waals surface area contributed by atoms with Gasteiger partial charge in [0.1, 0.15) is 23.7 Å². The quantitative estimate of drug-likeness (QED) is 0.534. The summed E-state index contributed by atoms with van der Waals surface area (Å²) in [6.07, 6.45) is -2.41. The van der Waals surface area contributed by atoms with Crippen LogP contribution in [0, 0.1) is 5.82 Å². The van der Waals surface area contributed by atoms with Gasteiger partial charge in [0.25, 0.3) is 5.56 Å². The molecule has 1 aliphatic rings. The Morgan fingerprint density at radius 3 is 2.71 bits per heavy atom. The molecule has 3 atom stereocenters. The van der Waals surface area contributed by atoms with Gasteiger partial charge in [-0.25, -0.2) is 9.59 Å². The number of rotatable bonds is 5. The largest absolute Gasteiger partial charge is 0.497 e. The third-order valence-corrected chi connectivity index (χ3v) is 5.21. The van der Waals surface area contributed by atoms with Gasteiger partial charge in [-0.3, -0.25) is 13.9 Å². The van der Waals surface area contributed by atoms with E-state index >= 15 is 0 Å². The zero-order valence-corrected chi connectivity index (χ0v) is 16.4. The van der Waals surface area contributed by atoms with Gasteiger partial charge in [-0.15, -0.1) is 0 Å². The number of aromatic nitrogens is 2. The van der Waals surface area contributed by atoms with Crippen LogP contribution in [-0.2, 0) is 11.3 Å². The lowest BCUT2D eigenvalue weighted by Crippen LogP contribution is -2.43. The Kier molecular flexibility index (Phi) is 5.48. The van der Waals surface area contributed by atoms with Crippen LogP contribution in [0.2, 0.25) is 0 Å². The van der Waals surface area contributed by atoms with Crippen molar-refractivity contribution in [3.8, 4) is 5.75 Å². The fourth-order valence-corrected chi connectivity index (χ4v) is 3.62. The van der Waals surface area contributed by atoms with Gasteiger partial charge in [-0.05, 0) is 17.7 Å². The Hall–Kier alpha value is -3.28. The van der Waals surface area contributed by atoms with Gasteiger partial charge in [0.2, 0.25) is 5.82 Å². The van der Waals surface area contributed by atoms with Crippen molar-refractivity contribution in [2.24, 2.45) is 0 Å². The van der Waals surface area contributed by atoms with Gasteiger partial charge in [-0.1, -0.05) is 0 Å². The van der Waals surface area contributed by atoms with E-state index < -0.39 is 54.3 Å². The number of benzene rings is 1. The smallest absolute Gasteiger partial charge is 0.336 e. The summed E-state index contributed by atoms with van der Waals surface area (Å²) in [5.74, 6) is -0.771. The molecule has 0 aliphatic carbocycles. The SMILES string of the molecule is COc1ccc2c(Cn3c(=O)c(F)cn([C@H]4C[C@H](O)[C@@H](CO)O4)c3=O)cc(=O)oc2c1. The molecule has 1 fully saturated rings. The molecular weight excluding hydrogens is 415 g/mol. The van der Waals surface area contributed by atoms with Crippen molar-refractivity contribution in [1.82, 2.24) is 9.13 Å². The maximum atomic E-state index is 14.4. The molecule has 1 aliphatic heterocycles. The highest BCUT2D eigenvalue weighted by atomic mass is 19.1. The first-order valence-electron chi connectivity index (χ1n) is 9.39. The van der Waals surface area contributed by atoms with Crippen molar-refractivity contribution in [1.29, 1.82) is 0 Å². The highest BCUT2D eigenvalue weighted by Gasteiger charge is 2.35. The maximum Gasteiger partial charge on any atom is 0.336 e. The fourth-order valence-electron chi connectivity index (χ4n) is 3.62. The number of halogens is 1. The van der Waals surface area contributed by atoms with Crippen LogP contribution in [0.4, 0.5) is 4.39 Å². The molecule has 31 heavy (non-hydrogen) atoms. The normalized spacial score (nSPS) is 21.0. The predicted octanol–water partition coefficient (Wildman–Crippen LogP) is -0.0469. The van der Waals surface area contributed by atoms with Crippen LogP contribution in [0.1, 0.15) is 18.2 Å². The fraction of sp³-hybridized carbons (Fsp3) is 0.350. The van der Waals surface area contributed by atoms with Gasteiger partial charge >= 0.3 is 11.3 Å². The molecule has 3 heterocycles. The van der Waals surface area contributed by atoms with Crippen molar-refractivity contribution < 1.29 is 28.5 Å². The minimum Gasteiger partial charge on any atom is -0.497 e. The van der Waals surface area contributed by atoms with Crippen LogP contribution in [0.3, 0.4) is 0 Å². The van der Waals surface area contributed by atoms with Gasteiger partial charge < -0.3 is 24.1 Å². The second kappa shape index (κ2) is 8.10. The topological polar surface area (TPSA) is 133 Å². The van der Waals surface area contributed by atoms with E-state index in [4.69, 9.17) is 13.9 Å². The van der Waals surface area contributed by atoms with Crippen molar-refractivity contribution in [3.63, 3.8) is 0 Å². The van der Waals surface area contributed by atoms with Crippen LogP contribution < -0.4 is 21.6 Å². The van der Waals surface area contributed by atoms with E-state index in [0.717, 1.165) is 10.6 Å². The van der Waals surface area contributed by atoms with Gasteiger partial charge in [0.05, 0.1) is 32.6 Å². The molecule has 1 aromatic carbocycles. The van der Waals surface area contributed by atoms with Crippen molar-refractivity contribution in [3.05, 3.63) is 73.1 Å². The predicted molar refractivity (Wildman–Crippen MR) is 105 cm³/mol. The molecule has 0 unspecified atom stereocenters. The van der Waals surface area contributed by atoms with Crippen molar-refractivity contribution in [2.75, 3.05) is 13.7 Å². The van der Waals surface area contributed by atoms with Crippen LogP contribution in [-0.4, -0.2) is 45.3 Å². The average molecular weight is 434 g/mol. The number of nitrogens with zero attached hydrogens (tertiary/aromatic N) is 2. The average Bonchev–Trinajstić information content (AvgIpc) is 3.13. The molecule has 0 amide bonds. The Balaban J connectivity index is 1.81. The van der Waals surface area contributed by atoms with Gasteiger partial charge in [-0.2, -0.15) is 4.39 Å². The minimum atomic E-state index is -1.21. The lowest BCUT2D eigenvalue weighted by Gasteiger charge is -2.17. The lowest BCUT2D eigenvalue weighted by atomic mass is 10.1. The summed E-state index contributed by atoms with van der Waals surface area (Å²) in [4.78, 5) is 37.3. The molecule has 2 aromatic heterocycles. The second-order valence-corrected chi connectivity index (χ2v) is 7.13. The number of hydrogen-bond donors (Lipinski definition) is 2. The highest BCUT2D eigenvalue weighted by molar-refractivity contribution is 5.81. The molecular formula is C20H19FN2O8. The molecule has 0 saturated carbocycles. The Morgan fingerprint density at radius 1 is 1.26 bits per heavy atom. The molecule has 2 N–H and O–H groups in total. The highest BCUT2D eigenvalue weighted by Crippen LogP contribution is 2.27. The third-order valence-electron chi connectivity index (χ3n) is 5.21. The first-order valence-corrected chi connectivity index (χ1v) is 9.39. The van der Waals surface area contributed by atoms with Crippen LogP contribution >= 0.6 is 0 Å². The lowest BCUT2D eigenvalue weighted by molar-refractivity contribution is -0.0466. The molecule has 0 spiro atoms. The van der Waals surface area contributed by atoms with Crippen LogP contribution in [0.15, 0.2) is 49.3 Å². The summed E-state index contributed by atoms with van der Waals surface area (Å²) in [5, 5.41) is 19.6. The van der Waals surface area contributed by atoms with E-state index in [1.807, 2.05) is 0 Å². The summed E-state index contributed by atoms with van der Waals surface area (Å²) in [6.45, 7) is -0.883. The zero-order chi connectivity index (χ0) is 22.3. The molecule has 3 aromatic rings. The Morgan fingerprint density at radius 2 is 2.03 bits per heavy atom. The number of methoxy groups -OCH3 is 1. The van der Waals surface area contributed by atoms with E-state index in [0.29, 0.717) is 21.9 Å². The standard InChI is InChI=1S/C20H19FN2O8/c1-29-11-2-3-12-10(4-18(26)31-15(12)5-11)7-23-19(27)13(21)8-22(20(23)28)17-6-14(25)16(9-24)30-17/h2-5,8,14,16-17,24-25H,6-7,9H2,1H3/t14-,16+,17+/m0/s1. The van der Waals surface area contributed by atoms with E-state index in [2.05, 4.69) is 0 Å². The van der Waals surface area contributed by atoms with E-state index in [1.54, 1.807) is 12.1 Å². The Bertz CT molecular complexity index is 1310. The van der Waals surface area contributed by atoms with Crippen LogP contribution in [0.25, 0.3) is 11.0 Å². The monoisotopic (exact) mass is 434 g/mol. The summed E-state index contributed by atoms with van der Waals surface area (Å²) < 4.78 is 31.5. The number of ether oxygens (including phenoxy) is 2. The first kappa shape index (κ1) is 21.0. The van der Waals surface area contributed by atoms with Gasteiger partial charge in [0.15, 0.2) is 0 Å². The van der Waals surface area contributed by atoms with Crippen LogP contribution in [0.5, 0.6) is 5.75 Å². The first-order chi connectivity index (χ1) is 14.8. The number of aliphatic hydroxyl groups excluding tert-OH is 2. The van der Waals surface area contributed by atoms with E-state index in [-0.39, 0.29) is 17.6 Å². The van der Waals surface area contributed by atoms with Crippen molar-refractivity contribution in [2.45, 2.75) is 31.4 Å². The maximum absolute atomic E-state index is 14.4. The molecule has 0 radical (unpaired) electrons. The third kappa shape index (κ3) is 3.78. The second-order valence-electron chi connectivity index (χ2n) is 7.13. The summed E-state index contributed by atoms with van der Waals surface area (Å²) in [5.41, 5.74) is -2.33.